The summed E-state index contributed by atoms with van der Waals surface area (Å²) in [5, 5.41) is 0. The second-order valence-corrected chi connectivity index (χ2v) is 7.77. The Morgan fingerprint density at radius 2 is 1.30 bits per heavy atom. The van der Waals surface area contributed by atoms with E-state index in [1.54, 1.807) is 6.92 Å². The van der Waals surface area contributed by atoms with Gasteiger partial charge >= 0.3 is 5.97 Å². The smallest absolute Gasteiger partial charge is 0.338 e. The molecule has 0 aliphatic heterocycles. The number of aryl methyl sites for hydroxylation is 1. The lowest BCUT2D eigenvalue weighted by molar-refractivity contribution is -0.130. The topological polar surface area (TPSA) is 26.3 Å². The van der Waals surface area contributed by atoms with E-state index in [0.717, 1.165) is 18.4 Å². The van der Waals surface area contributed by atoms with Crippen LogP contribution in [0, 0.1) is 0 Å². The number of ether oxygens (including phenoxy) is 1. The third kappa shape index (κ3) is 11.7. The molecule has 0 fully saturated rings. The van der Waals surface area contributed by atoms with Crippen molar-refractivity contribution >= 4 is 5.97 Å². The molecule has 1 aromatic carbocycles. The van der Waals surface area contributed by atoms with Gasteiger partial charge in [0, 0.05) is 5.57 Å². The van der Waals surface area contributed by atoms with Crippen LogP contribution in [0.15, 0.2) is 36.4 Å². The van der Waals surface area contributed by atoms with Gasteiger partial charge in [-0.15, -0.1) is 0 Å². The number of carbonyl (C=O) groups excluding carboxylic acids is 1. The van der Waals surface area contributed by atoms with Crippen LogP contribution < -0.4 is 4.74 Å². The molecular weight excluding hydrogens is 332 g/mol. The number of esters is 1. The van der Waals surface area contributed by atoms with E-state index in [9.17, 15) is 4.79 Å². The zero-order valence-corrected chi connectivity index (χ0v) is 17.7. The second-order valence-electron chi connectivity index (χ2n) is 7.77. The number of benzene rings is 1. The molecule has 0 heterocycles. The molecule has 0 aromatic heterocycles. The lowest BCUT2D eigenvalue weighted by atomic mass is 10.0. The Labute approximate surface area is 167 Å². The maximum absolute atomic E-state index is 11.7. The zero-order chi connectivity index (χ0) is 19.7. The predicted molar refractivity (Wildman–Crippen MR) is 116 cm³/mol. The van der Waals surface area contributed by atoms with E-state index in [4.69, 9.17) is 4.74 Å². The van der Waals surface area contributed by atoms with Gasteiger partial charge in [0.25, 0.3) is 0 Å². The summed E-state index contributed by atoms with van der Waals surface area (Å²) in [6, 6.07) is 7.85. The normalized spacial score (nSPS) is 10.7. The fourth-order valence-corrected chi connectivity index (χ4v) is 3.33. The monoisotopic (exact) mass is 372 g/mol. The molecule has 2 heteroatoms. The Hall–Kier alpha value is -1.57. The summed E-state index contributed by atoms with van der Waals surface area (Å²) >= 11 is 0. The molecule has 0 N–H and O–H groups in total. The van der Waals surface area contributed by atoms with E-state index in [1.165, 1.54) is 77.0 Å². The van der Waals surface area contributed by atoms with E-state index in [2.05, 4.69) is 19.6 Å². The Morgan fingerprint density at radius 1 is 0.815 bits per heavy atom. The molecule has 0 aliphatic carbocycles. The van der Waals surface area contributed by atoms with Gasteiger partial charge < -0.3 is 4.74 Å². The SMILES string of the molecule is C=C(C)C(=O)Oc1ccccc1CCCCCCCCCCCCCCC. The molecular formula is C25H40O2. The summed E-state index contributed by atoms with van der Waals surface area (Å²) in [6.45, 7) is 7.60. The molecule has 0 saturated heterocycles. The zero-order valence-electron chi connectivity index (χ0n) is 17.7. The largest absolute Gasteiger partial charge is 0.423 e. The molecule has 0 radical (unpaired) electrons. The molecule has 0 bridgehead atoms. The number of unbranched alkanes of at least 4 members (excludes halogenated alkanes) is 12. The number of rotatable bonds is 16. The van der Waals surface area contributed by atoms with Crippen molar-refractivity contribution in [3.63, 3.8) is 0 Å². The molecule has 0 unspecified atom stereocenters. The third-order valence-corrected chi connectivity index (χ3v) is 5.07. The van der Waals surface area contributed by atoms with Gasteiger partial charge in [-0.2, -0.15) is 0 Å². The first kappa shape index (κ1) is 23.5. The molecule has 0 aliphatic rings. The molecule has 1 rings (SSSR count). The van der Waals surface area contributed by atoms with Crippen LogP contribution >= 0.6 is 0 Å². The van der Waals surface area contributed by atoms with Gasteiger partial charge in [-0.05, 0) is 31.4 Å². The van der Waals surface area contributed by atoms with E-state index in [-0.39, 0.29) is 5.97 Å². The van der Waals surface area contributed by atoms with Crippen molar-refractivity contribution in [3.8, 4) is 5.75 Å². The first-order chi connectivity index (χ1) is 13.1. The van der Waals surface area contributed by atoms with Crippen LogP contribution in [0.3, 0.4) is 0 Å². The number of para-hydroxylation sites is 1. The van der Waals surface area contributed by atoms with Gasteiger partial charge in [0.2, 0.25) is 0 Å². The Morgan fingerprint density at radius 3 is 1.81 bits per heavy atom. The van der Waals surface area contributed by atoms with Crippen LogP contribution in [0.2, 0.25) is 0 Å². The quantitative estimate of drug-likeness (QED) is 0.128. The van der Waals surface area contributed by atoms with E-state index < -0.39 is 0 Å². The Bertz CT molecular complexity index is 533. The van der Waals surface area contributed by atoms with Crippen molar-refractivity contribution in [2.75, 3.05) is 0 Å². The van der Waals surface area contributed by atoms with Gasteiger partial charge in [0.1, 0.15) is 5.75 Å². The van der Waals surface area contributed by atoms with Crippen molar-refractivity contribution in [1.82, 2.24) is 0 Å². The first-order valence-corrected chi connectivity index (χ1v) is 11.1. The molecule has 0 saturated carbocycles. The number of hydrogen-bond acceptors (Lipinski definition) is 2. The van der Waals surface area contributed by atoms with Crippen LogP contribution in [0.25, 0.3) is 0 Å². The highest BCUT2D eigenvalue weighted by molar-refractivity contribution is 5.88. The van der Waals surface area contributed by atoms with Crippen LogP contribution in [-0.2, 0) is 11.2 Å². The van der Waals surface area contributed by atoms with Crippen molar-refractivity contribution in [2.24, 2.45) is 0 Å². The first-order valence-electron chi connectivity index (χ1n) is 11.1. The fourth-order valence-electron chi connectivity index (χ4n) is 3.33. The highest BCUT2D eigenvalue weighted by atomic mass is 16.5. The Balaban J connectivity index is 2.05. The Kier molecular flexibility index (Phi) is 13.5. The minimum atomic E-state index is -0.340. The van der Waals surface area contributed by atoms with Crippen LogP contribution in [0.5, 0.6) is 5.75 Å². The van der Waals surface area contributed by atoms with Gasteiger partial charge in [0.05, 0.1) is 0 Å². The van der Waals surface area contributed by atoms with Crippen molar-refractivity contribution in [2.45, 2.75) is 104 Å². The highest BCUT2D eigenvalue weighted by Gasteiger charge is 2.09. The second kappa shape index (κ2) is 15.5. The van der Waals surface area contributed by atoms with Crippen molar-refractivity contribution in [1.29, 1.82) is 0 Å². The molecule has 1 aromatic rings. The maximum atomic E-state index is 11.7. The van der Waals surface area contributed by atoms with E-state index in [1.807, 2.05) is 18.2 Å². The highest BCUT2D eigenvalue weighted by Crippen LogP contribution is 2.22. The summed E-state index contributed by atoms with van der Waals surface area (Å²) in [5.74, 6) is 0.345. The minimum absolute atomic E-state index is 0.340. The van der Waals surface area contributed by atoms with E-state index in [0.29, 0.717) is 11.3 Å². The van der Waals surface area contributed by atoms with Gasteiger partial charge in [-0.1, -0.05) is 109 Å². The van der Waals surface area contributed by atoms with Crippen molar-refractivity contribution in [3.05, 3.63) is 42.0 Å². The molecule has 0 spiro atoms. The van der Waals surface area contributed by atoms with Gasteiger partial charge in [-0.3, -0.25) is 0 Å². The number of carbonyl (C=O) groups is 1. The number of hydrogen-bond donors (Lipinski definition) is 0. The van der Waals surface area contributed by atoms with E-state index >= 15 is 0 Å². The average Bonchev–Trinajstić information content (AvgIpc) is 2.66. The minimum Gasteiger partial charge on any atom is -0.423 e. The van der Waals surface area contributed by atoms with Gasteiger partial charge in [0.15, 0.2) is 0 Å². The predicted octanol–water partition coefficient (Wildman–Crippen LogP) is 7.80. The fraction of sp³-hybridized carbons (Fsp3) is 0.640. The molecule has 2 nitrogen and oxygen atoms in total. The average molecular weight is 373 g/mol. The summed E-state index contributed by atoms with van der Waals surface area (Å²) in [6.07, 6.45) is 18.7. The van der Waals surface area contributed by atoms with Crippen molar-refractivity contribution < 1.29 is 9.53 Å². The summed E-state index contributed by atoms with van der Waals surface area (Å²) < 4.78 is 5.43. The third-order valence-electron chi connectivity index (χ3n) is 5.07. The van der Waals surface area contributed by atoms with Crippen LogP contribution in [-0.4, -0.2) is 5.97 Å². The molecule has 0 amide bonds. The van der Waals surface area contributed by atoms with Gasteiger partial charge in [-0.25, -0.2) is 4.79 Å². The summed E-state index contributed by atoms with van der Waals surface area (Å²) in [4.78, 5) is 11.7. The lowest BCUT2D eigenvalue weighted by Gasteiger charge is -2.10. The molecule has 152 valence electrons. The maximum Gasteiger partial charge on any atom is 0.338 e. The standard InChI is InChI=1S/C25H40O2/c1-4-5-6-7-8-9-10-11-12-13-14-15-16-19-23-20-17-18-21-24(23)27-25(26)22(2)3/h17-18,20-21H,2,4-16,19H2,1,3H3. The summed E-state index contributed by atoms with van der Waals surface area (Å²) in [7, 11) is 0. The lowest BCUT2D eigenvalue weighted by Crippen LogP contribution is -2.09. The van der Waals surface area contributed by atoms with Crippen LogP contribution in [0.1, 0.15) is 103 Å². The molecule has 0 atom stereocenters. The van der Waals surface area contributed by atoms with Crippen LogP contribution in [0.4, 0.5) is 0 Å². The summed E-state index contributed by atoms with van der Waals surface area (Å²) in [5.41, 5.74) is 1.56. The molecule has 27 heavy (non-hydrogen) atoms.